The van der Waals surface area contributed by atoms with Crippen molar-refractivity contribution in [3.8, 4) is 6.07 Å². The molecular formula is C24H24ClN3O2S. The molecule has 1 aromatic carbocycles. The molecule has 1 aliphatic carbocycles. The third-order valence-corrected chi connectivity index (χ3v) is 7.58. The number of pyridine rings is 1. The van der Waals surface area contributed by atoms with Gasteiger partial charge in [-0.2, -0.15) is 5.26 Å². The van der Waals surface area contributed by atoms with Crippen LogP contribution in [-0.4, -0.2) is 22.0 Å². The number of amides is 2. The number of aryl methyl sites for hydroxylation is 1. The predicted molar refractivity (Wildman–Crippen MR) is 122 cm³/mol. The standard InChI is InChI=1S/C24H24ClN3O2S/c1-24(2,3)16-4-9-19-14(11-16)10-15(13-26)22(27-19)31-20-12-21(29)28(23(20)30)18-7-5-17(25)6-8-18/h5-8,10,16,20H,4,9,11-12H2,1-3H3. The summed E-state index contributed by atoms with van der Waals surface area (Å²) in [5.41, 5.74) is 3.33. The van der Waals surface area contributed by atoms with Crippen molar-refractivity contribution in [2.24, 2.45) is 11.3 Å². The molecule has 2 heterocycles. The summed E-state index contributed by atoms with van der Waals surface area (Å²) >= 11 is 7.14. The van der Waals surface area contributed by atoms with E-state index in [0.717, 1.165) is 30.5 Å². The monoisotopic (exact) mass is 453 g/mol. The zero-order valence-electron chi connectivity index (χ0n) is 17.8. The fourth-order valence-electron chi connectivity index (χ4n) is 4.25. The maximum absolute atomic E-state index is 13.0. The van der Waals surface area contributed by atoms with E-state index < -0.39 is 5.25 Å². The van der Waals surface area contributed by atoms with Crippen molar-refractivity contribution in [2.75, 3.05) is 4.90 Å². The number of nitrogens with zero attached hydrogens (tertiary/aromatic N) is 3. The predicted octanol–water partition coefficient (Wildman–Crippen LogP) is 5.18. The number of hydrogen-bond donors (Lipinski definition) is 0. The molecule has 4 rings (SSSR count). The summed E-state index contributed by atoms with van der Waals surface area (Å²) in [7, 11) is 0. The minimum absolute atomic E-state index is 0.0852. The Balaban J connectivity index is 1.57. The molecule has 0 radical (unpaired) electrons. The molecule has 0 saturated carbocycles. The first-order valence-corrected chi connectivity index (χ1v) is 11.6. The van der Waals surface area contributed by atoms with Crippen molar-refractivity contribution in [3.05, 3.63) is 52.2 Å². The van der Waals surface area contributed by atoms with E-state index in [9.17, 15) is 14.9 Å². The zero-order valence-corrected chi connectivity index (χ0v) is 19.4. The van der Waals surface area contributed by atoms with Gasteiger partial charge in [0.05, 0.1) is 16.5 Å². The highest BCUT2D eigenvalue weighted by Gasteiger charge is 2.41. The topological polar surface area (TPSA) is 74.1 Å². The van der Waals surface area contributed by atoms with Crippen LogP contribution in [0, 0.1) is 22.7 Å². The first kappa shape index (κ1) is 21.9. The van der Waals surface area contributed by atoms with Gasteiger partial charge in [-0.15, -0.1) is 0 Å². The highest BCUT2D eigenvalue weighted by molar-refractivity contribution is 8.00. The van der Waals surface area contributed by atoms with E-state index in [4.69, 9.17) is 16.6 Å². The van der Waals surface area contributed by atoms with E-state index in [1.165, 1.54) is 16.7 Å². The molecule has 5 nitrogen and oxygen atoms in total. The van der Waals surface area contributed by atoms with Crippen molar-refractivity contribution >= 4 is 40.9 Å². The van der Waals surface area contributed by atoms with Crippen LogP contribution in [0.5, 0.6) is 0 Å². The Morgan fingerprint density at radius 3 is 2.55 bits per heavy atom. The van der Waals surface area contributed by atoms with Gasteiger partial charge in [-0.25, -0.2) is 9.88 Å². The van der Waals surface area contributed by atoms with E-state index in [1.54, 1.807) is 24.3 Å². The third-order valence-electron chi connectivity index (χ3n) is 6.14. The van der Waals surface area contributed by atoms with Crippen LogP contribution in [0.1, 0.15) is 50.4 Å². The number of imide groups is 1. The number of nitriles is 1. The molecule has 1 aliphatic heterocycles. The van der Waals surface area contributed by atoms with Crippen molar-refractivity contribution in [3.63, 3.8) is 0 Å². The number of halogens is 1. The Morgan fingerprint density at radius 2 is 1.90 bits per heavy atom. The zero-order chi connectivity index (χ0) is 22.3. The van der Waals surface area contributed by atoms with Gasteiger partial charge < -0.3 is 0 Å². The van der Waals surface area contributed by atoms with Crippen molar-refractivity contribution < 1.29 is 9.59 Å². The van der Waals surface area contributed by atoms with Crippen molar-refractivity contribution in [1.82, 2.24) is 4.98 Å². The number of aromatic nitrogens is 1. The molecule has 2 aromatic rings. The van der Waals surface area contributed by atoms with E-state index in [1.807, 2.05) is 6.07 Å². The molecule has 0 bridgehead atoms. The number of carbonyl (C=O) groups is 2. The molecule has 2 unspecified atom stereocenters. The van der Waals surface area contributed by atoms with Crippen LogP contribution in [0.3, 0.4) is 0 Å². The SMILES string of the molecule is CC(C)(C)C1CCc2nc(SC3CC(=O)N(c4ccc(Cl)cc4)C3=O)c(C#N)cc2C1. The fourth-order valence-corrected chi connectivity index (χ4v) is 5.47. The second-order valence-electron chi connectivity index (χ2n) is 9.22. The first-order valence-electron chi connectivity index (χ1n) is 10.4. The molecule has 1 saturated heterocycles. The molecule has 160 valence electrons. The summed E-state index contributed by atoms with van der Waals surface area (Å²) < 4.78 is 0. The Kier molecular flexibility index (Phi) is 5.85. The summed E-state index contributed by atoms with van der Waals surface area (Å²) in [5.74, 6) is 0.0108. The lowest BCUT2D eigenvalue weighted by atomic mass is 9.71. The molecular weight excluding hydrogens is 430 g/mol. The number of benzene rings is 1. The van der Waals surface area contributed by atoms with Gasteiger partial charge in [0.15, 0.2) is 0 Å². The molecule has 2 atom stereocenters. The van der Waals surface area contributed by atoms with Crippen molar-refractivity contribution in [2.45, 2.75) is 56.7 Å². The summed E-state index contributed by atoms with van der Waals surface area (Å²) in [5, 5.41) is 10.2. The molecule has 0 spiro atoms. The third kappa shape index (κ3) is 4.35. The van der Waals surface area contributed by atoms with Gasteiger partial charge in [0.2, 0.25) is 11.8 Å². The molecule has 2 amide bonds. The maximum Gasteiger partial charge on any atom is 0.247 e. The lowest BCUT2D eigenvalue weighted by molar-refractivity contribution is -0.121. The van der Waals surface area contributed by atoms with Gasteiger partial charge in [-0.1, -0.05) is 44.1 Å². The van der Waals surface area contributed by atoms with Crippen LogP contribution in [0.4, 0.5) is 5.69 Å². The second kappa shape index (κ2) is 8.29. The summed E-state index contributed by atoms with van der Waals surface area (Å²) in [6, 6.07) is 10.8. The van der Waals surface area contributed by atoms with Gasteiger partial charge in [0, 0.05) is 17.1 Å². The molecule has 7 heteroatoms. The van der Waals surface area contributed by atoms with E-state index in [-0.39, 0.29) is 23.7 Å². The van der Waals surface area contributed by atoms with Crippen LogP contribution in [0.25, 0.3) is 0 Å². The number of hydrogen-bond acceptors (Lipinski definition) is 5. The highest BCUT2D eigenvalue weighted by Crippen LogP contribution is 2.40. The van der Waals surface area contributed by atoms with Crippen molar-refractivity contribution in [1.29, 1.82) is 5.26 Å². The number of carbonyl (C=O) groups excluding carboxylic acids is 2. The number of anilines is 1. The average molecular weight is 454 g/mol. The van der Waals surface area contributed by atoms with Crippen LogP contribution in [0.2, 0.25) is 5.02 Å². The minimum Gasteiger partial charge on any atom is -0.274 e. The second-order valence-corrected chi connectivity index (χ2v) is 10.8. The number of thioether (sulfide) groups is 1. The molecule has 1 fully saturated rings. The van der Waals surface area contributed by atoms with Gasteiger partial charge in [-0.05, 0) is 66.5 Å². The average Bonchev–Trinajstić information content (AvgIpc) is 3.00. The summed E-state index contributed by atoms with van der Waals surface area (Å²) in [6.45, 7) is 6.75. The lowest BCUT2D eigenvalue weighted by Crippen LogP contribution is -2.31. The Bertz CT molecular complexity index is 1090. The number of fused-ring (bicyclic) bond motifs is 1. The minimum atomic E-state index is -0.591. The van der Waals surface area contributed by atoms with Crippen LogP contribution >= 0.6 is 23.4 Å². The van der Waals surface area contributed by atoms with Crippen LogP contribution in [-0.2, 0) is 22.4 Å². The normalized spacial score (nSPS) is 21.2. The quantitative estimate of drug-likeness (QED) is 0.598. The van der Waals surface area contributed by atoms with Crippen LogP contribution < -0.4 is 4.90 Å². The molecule has 0 N–H and O–H groups in total. The van der Waals surface area contributed by atoms with Crippen LogP contribution in [0.15, 0.2) is 35.4 Å². The van der Waals surface area contributed by atoms with Gasteiger partial charge >= 0.3 is 0 Å². The smallest absolute Gasteiger partial charge is 0.247 e. The van der Waals surface area contributed by atoms with E-state index in [0.29, 0.717) is 27.2 Å². The number of rotatable bonds is 3. The molecule has 1 aromatic heterocycles. The Morgan fingerprint density at radius 1 is 1.19 bits per heavy atom. The summed E-state index contributed by atoms with van der Waals surface area (Å²) in [6.07, 6.45) is 2.92. The molecule has 2 aliphatic rings. The molecule has 31 heavy (non-hydrogen) atoms. The fraction of sp³-hybridized carbons (Fsp3) is 0.417. The van der Waals surface area contributed by atoms with Gasteiger partial charge in [0.1, 0.15) is 11.1 Å². The van der Waals surface area contributed by atoms with E-state index >= 15 is 0 Å². The Labute approximate surface area is 191 Å². The van der Waals surface area contributed by atoms with E-state index in [2.05, 4.69) is 26.8 Å². The Hall–Kier alpha value is -2.36. The van der Waals surface area contributed by atoms with Gasteiger partial charge in [0.25, 0.3) is 0 Å². The first-order chi connectivity index (χ1) is 14.7. The lowest BCUT2D eigenvalue weighted by Gasteiger charge is -2.34. The van der Waals surface area contributed by atoms with Gasteiger partial charge in [-0.3, -0.25) is 9.59 Å². The maximum atomic E-state index is 13.0. The summed E-state index contributed by atoms with van der Waals surface area (Å²) in [4.78, 5) is 31.5. The highest BCUT2D eigenvalue weighted by atomic mass is 35.5. The largest absolute Gasteiger partial charge is 0.274 e.